The average molecular weight is 373 g/mol. The van der Waals surface area contributed by atoms with Crippen molar-refractivity contribution in [2.24, 2.45) is 0 Å². The van der Waals surface area contributed by atoms with Gasteiger partial charge in [0.25, 0.3) is 5.91 Å². The fourth-order valence-corrected chi connectivity index (χ4v) is 4.36. The zero-order valence-corrected chi connectivity index (χ0v) is 14.8. The number of amides is 1. The highest BCUT2D eigenvalue weighted by atomic mass is 35.5. The summed E-state index contributed by atoms with van der Waals surface area (Å²) in [5.74, 6) is 0.851. The second-order valence-electron chi connectivity index (χ2n) is 5.55. The lowest BCUT2D eigenvalue weighted by molar-refractivity contribution is 0.102. The van der Waals surface area contributed by atoms with Crippen molar-refractivity contribution in [2.75, 3.05) is 5.32 Å². The number of hydrogen-bond donors (Lipinski definition) is 1. The molecular weight excluding hydrogens is 360 g/mol. The number of nitrogens with zero attached hydrogens (tertiary/aromatic N) is 3. The van der Waals surface area contributed by atoms with Gasteiger partial charge in [0, 0.05) is 0 Å². The van der Waals surface area contributed by atoms with Crippen molar-refractivity contribution in [2.45, 2.75) is 17.6 Å². The molecule has 0 fully saturated rings. The summed E-state index contributed by atoms with van der Waals surface area (Å²) in [5, 5.41) is 2.98. The second-order valence-corrected chi connectivity index (χ2v) is 7.35. The van der Waals surface area contributed by atoms with Crippen LogP contribution in [0.25, 0.3) is 5.69 Å². The molecule has 1 aliphatic heterocycles. The Hall–Kier alpha value is -2.51. The second kappa shape index (κ2) is 6.09. The van der Waals surface area contributed by atoms with Gasteiger partial charge < -0.3 is 5.32 Å². The summed E-state index contributed by atoms with van der Waals surface area (Å²) in [6, 6.07) is 12.4. The minimum Gasteiger partial charge on any atom is -0.305 e. The Morgan fingerprint density at radius 1 is 1.20 bits per heavy atom. The molecule has 0 saturated heterocycles. The van der Waals surface area contributed by atoms with E-state index in [1.165, 1.54) is 0 Å². The number of hydrogen-bond acceptors (Lipinski definition) is 4. The molecule has 0 aliphatic carbocycles. The van der Waals surface area contributed by atoms with Crippen LogP contribution < -0.4 is 5.32 Å². The number of halogens is 1. The van der Waals surface area contributed by atoms with Gasteiger partial charge in [-0.25, -0.2) is 9.97 Å². The first kappa shape index (κ1) is 16.0. The van der Waals surface area contributed by atoms with Gasteiger partial charge in [0.2, 0.25) is 0 Å². The summed E-state index contributed by atoms with van der Waals surface area (Å²) in [6.07, 6.45) is 0. The average Bonchev–Trinajstić information content (AvgIpc) is 2.92. The van der Waals surface area contributed by atoms with Crippen LogP contribution in [0.3, 0.4) is 0 Å². The Morgan fingerprint density at radius 3 is 2.80 bits per heavy atom. The molecule has 1 amide bonds. The first-order valence-corrected chi connectivity index (χ1v) is 9.24. The van der Waals surface area contributed by atoms with Gasteiger partial charge in [0.1, 0.15) is 16.8 Å². The first-order chi connectivity index (χ1) is 12.0. The molecule has 1 aromatic carbocycles. The maximum atomic E-state index is 12.7. The highest BCUT2D eigenvalue weighted by Crippen LogP contribution is 2.31. The summed E-state index contributed by atoms with van der Waals surface area (Å²) in [4.78, 5) is 21.9. The molecule has 1 aliphatic rings. The van der Waals surface area contributed by atoms with E-state index in [-0.39, 0.29) is 16.6 Å². The Kier molecular flexibility index (Phi) is 3.89. The number of imidazole rings is 1. The fourth-order valence-electron chi connectivity index (χ4n) is 2.90. The molecule has 0 bridgehead atoms. The van der Waals surface area contributed by atoms with Crippen LogP contribution in [0.5, 0.6) is 0 Å². The molecule has 0 spiro atoms. The van der Waals surface area contributed by atoms with Crippen molar-refractivity contribution in [3.8, 4) is 5.69 Å². The Morgan fingerprint density at radius 2 is 2.00 bits per heavy atom. The number of pyridine rings is 1. The predicted octanol–water partition coefficient (Wildman–Crippen LogP) is 3.10. The number of nitrogens with one attached hydrogen (secondary N) is 1. The minimum atomic E-state index is -1.22. The van der Waals surface area contributed by atoms with Crippen LogP contribution in [0.15, 0.2) is 47.4 Å². The molecule has 2 aromatic heterocycles. The van der Waals surface area contributed by atoms with Gasteiger partial charge in [-0.05, 0) is 31.2 Å². The van der Waals surface area contributed by atoms with E-state index in [1.54, 1.807) is 18.2 Å². The molecule has 1 atom stereocenters. The van der Waals surface area contributed by atoms with Gasteiger partial charge in [0.15, 0.2) is 5.69 Å². The molecule has 126 valence electrons. The van der Waals surface area contributed by atoms with Crippen molar-refractivity contribution in [3.05, 3.63) is 64.8 Å². The molecule has 0 radical (unpaired) electrons. The summed E-state index contributed by atoms with van der Waals surface area (Å²) < 4.78 is 14.4. The topological polar surface area (TPSA) is 76.9 Å². The minimum absolute atomic E-state index is 0.240. The van der Waals surface area contributed by atoms with Gasteiger partial charge >= 0.3 is 0 Å². The lowest BCUT2D eigenvalue weighted by Crippen LogP contribution is -2.20. The van der Waals surface area contributed by atoms with Crippen LogP contribution in [-0.4, -0.2) is 24.7 Å². The molecule has 1 N–H and O–H groups in total. The predicted molar refractivity (Wildman–Crippen MR) is 95.6 cm³/mol. The molecule has 0 saturated carbocycles. The molecule has 1 unspecified atom stereocenters. The zero-order chi connectivity index (χ0) is 17.6. The zero-order valence-electron chi connectivity index (χ0n) is 13.2. The number of para-hydroxylation sites is 1. The normalized spacial score (nSPS) is 15.4. The summed E-state index contributed by atoms with van der Waals surface area (Å²) in [6.45, 7) is 1.82. The Balaban J connectivity index is 1.77. The number of fused-ring (bicyclic) bond motifs is 3. The first-order valence-electron chi connectivity index (χ1n) is 7.54. The fraction of sp³-hybridized carbons (Fsp3) is 0.118. The van der Waals surface area contributed by atoms with Crippen molar-refractivity contribution in [3.63, 3.8) is 0 Å². The van der Waals surface area contributed by atoms with E-state index >= 15 is 0 Å². The van der Waals surface area contributed by atoms with Gasteiger partial charge in [-0.1, -0.05) is 29.8 Å². The third-order valence-corrected chi connectivity index (χ3v) is 5.51. The standard InChI is InChI=1S/C17H13ClN4O2S/c1-10-19-16(17(23)21-15-8-4-7-14(18)20-15)12-9-25(24)13-6-3-2-5-11(13)22(10)12/h2-8H,9H2,1H3,(H,20,21,23). The lowest BCUT2D eigenvalue weighted by atomic mass is 10.2. The molecule has 3 aromatic rings. The highest BCUT2D eigenvalue weighted by Gasteiger charge is 2.29. The van der Waals surface area contributed by atoms with Crippen molar-refractivity contribution in [1.29, 1.82) is 0 Å². The van der Waals surface area contributed by atoms with Gasteiger partial charge in [0.05, 0.1) is 32.8 Å². The van der Waals surface area contributed by atoms with Crippen molar-refractivity contribution >= 4 is 34.1 Å². The molecule has 25 heavy (non-hydrogen) atoms. The lowest BCUT2D eigenvalue weighted by Gasteiger charge is -2.20. The number of carbonyl (C=O) groups excluding carboxylic acids is 1. The van der Waals surface area contributed by atoms with Crippen LogP contribution in [-0.2, 0) is 16.6 Å². The number of carbonyl (C=O) groups is 1. The van der Waals surface area contributed by atoms with E-state index < -0.39 is 16.7 Å². The number of anilines is 1. The van der Waals surface area contributed by atoms with Crippen LogP contribution in [0, 0.1) is 6.92 Å². The third-order valence-electron chi connectivity index (χ3n) is 3.93. The highest BCUT2D eigenvalue weighted by molar-refractivity contribution is 7.84. The summed E-state index contributed by atoms with van der Waals surface area (Å²) in [5.41, 5.74) is 1.68. The van der Waals surface area contributed by atoms with E-state index in [1.807, 2.05) is 35.8 Å². The SMILES string of the molecule is Cc1nc(C(=O)Nc2cccc(Cl)n2)c2n1-c1ccccc1S(=O)C2. The quantitative estimate of drug-likeness (QED) is 0.701. The van der Waals surface area contributed by atoms with Crippen LogP contribution in [0.2, 0.25) is 5.15 Å². The van der Waals surface area contributed by atoms with Crippen molar-refractivity contribution < 1.29 is 9.00 Å². The maximum Gasteiger partial charge on any atom is 0.277 e. The maximum absolute atomic E-state index is 12.7. The monoisotopic (exact) mass is 372 g/mol. The third kappa shape index (κ3) is 2.75. The number of aromatic nitrogens is 3. The smallest absolute Gasteiger partial charge is 0.277 e. The van der Waals surface area contributed by atoms with Crippen LogP contribution >= 0.6 is 11.6 Å². The molecule has 3 heterocycles. The van der Waals surface area contributed by atoms with Crippen LogP contribution in [0.4, 0.5) is 5.82 Å². The summed E-state index contributed by atoms with van der Waals surface area (Å²) >= 11 is 5.85. The van der Waals surface area contributed by atoms with E-state index in [2.05, 4.69) is 15.3 Å². The Labute approximate surface area is 151 Å². The van der Waals surface area contributed by atoms with E-state index in [0.29, 0.717) is 17.3 Å². The van der Waals surface area contributed by atoms with Gasteiger partial charge in [-0.3, -0.25) is 13.6 Å². The van der Waals surface area contributed by atoms with E-state index in [4.69, 9.17) is 11.6 Å². The molecule has 4 rings (SSSR count). The van der Waals surface area contributed by atoms with E-state index in [9.17, 15) is 9.00 Å². The number of aryl methyl sites for hydroxylation is 1. The number of rotatable bonds is 2. The van der Waals surface area contributed by atoms with Gasteiger partial charge in [-0.2, -0.15) is 0 Å². The molecule has 8 heteroatoms. The largest absolute Gasteiger partial charge is 0.305 e. The number of benzene rings is 1. The van der Waals surface area contributed by atoms with E-state index in [0.717, 1.165) is 10.6 Å². The summed E-state index contributed by atoms with van der Waals surface area (Å²) in [7, 11) is -1.22. The van der Waals surface area contributed by atoms with Crippen LogP contribution in [0.1, 0.15) is 22.0 Å². The van der Waals surface area contributed by atoms with Gasteiger partial charge in [-0.15, -0.1) is 0 Å². The Bertz CT molecular complexity index is 1030. The molecule has 6 nitrogen and oxygen atoms in total. The molecular formula is C17H13ClN4O2S. The van der Waals surface area contributed by atoms with Crippen molar-refractivity contribution in [1.82, 2.24) is 14.5 Å².